The Hall–Kier alpha value is -1.65. The fourth-order valence-electron chi connectivity index (χ4n) is 3.03. The summed E-state index contributed by atoms with van der Waals surface area (Å²) in [4.78, 5) is 7.08. The Kier molecular flexibility index (Phi) is 3.49. The van der Waals surface area contributed by atoms with E-state index in [0.29, 0.717) is 6.04 Å². The summed E-state index contributed by atoms with van der Waals surface area (Å²) in [5, 5.41) is 6.11. The molecule has 2 aliphatic rings. The summed E-state index contributed by atoms with van der Waals surface area (Å²) in [6, 6.07) is 11.7. The van der Waals surface area contributed by atoms with Crippen molar-refractivity contribution >= 4 is 16.6 Å². The van der Waals surface area contributed by atoms with Gasteiger partial charge in [0.15, 0.2) is 0 Å². The number of morpholine rings is 1. The van der Waals surface area contributed by atoms with Crippen molar-refractivity contribution in [1.29, 1.82) is 0 Å². The molecule has 4 nitrogen and oxygen atoms in total. The minimum absolute atomic E-state index is 0.373. The molecule has 2 fully saturated rings. The highest BCUT2D eigenvalue weighted by atomic mass is 16.5. The van der Waals surface area contributed by atoms with E-state index in [1.54, 1.807) is 0 Å². The van der Waals surface area contributed by atoms with Crippen molar-refractivity contribution in [2.45, 2.75) is 24.9 Å². The van der Waals surface area contributed by atoms with Crippen molar-refractivity contribution in [1.82, 2.24) is 10.3 Å². The second-order valence-electron chi connectivity index (χ2n) is 5.96. The van der Waals surface area contributed by atoms with E-state index in [2.05, 4.69) is 45.5 Å². The number of anilines is 1. The molecule has 1 aromatic carbocycles. The van der Waals surface area contributed by atoms with Crippen LogP contribution in [0.25, 0.3) is 10.8 Å². The summed E-state index contributed by atoms with van der Waals surface area (Å²) in [7, 11) is 0. The Labute approximate surface area is 125 Å². The Balaban J connectivity index is 1.63. The number of fused-ring (bicyclic) bond motifs is 1. The highest BCUT2D eigenvalue weighted by Gasteiger charge is 2.28. The lowest BCUT2D eigenvalue weighted by Crippen LogP contribution is -2.51. The molecule has 0 amide bonds. The molecule has 1 aromatic heterocycles. The van der Waals surface area contributed by atoms with E-state index in [1.807, 2.05) is 6.20 Å². The molecule has 1 aliphatic heterocycles. The maximum Gasteiger partial charge on any atom is 0.136 e. The quantitative estimate of drug-likeness (QED) is 0.933. The van der Waals surface area contributed by atoms with E-state index in [-0.39, 0.29) is 0 Å². The van der Waals surface area contributed by atoms with E-state index >= 15 is 0 Å². The number of ether oxygens (including phenoxy) is 1. The summed E-state index contributed by atoms with van der Waals surface area (Å²) < 4.78 is 5.69. The molecule has 4 rings (SSSR count). The molecular formula is C17H21N3O. The number of aromatic nitrogens is 1. The standard InChI is InChI=1S/C17H21N3O/c1-2-4-16-13(3-1)7-8-18-17(16)20-9-10-21-12-15(20)11-19-14-5-6-14/h1-4,7-8,14-15,19H,5-6,9-12H2. The summed E-state index contributed by atoms with van der Waals surface area (Å²) in [6.07, 6.45) is 4.55. The monoisotopic (exact) mass is 283 g/mol. The topological polar surface area (TPSA) is 37.4 Å². The molecular weight excluding hydrogens is 262 g/mol. The molecule has 1 saturated carbocycles. The average molecular weight is 283 g/mol. The molecule has 0 bridgehead atoms. The second-order valence-corrected chi connectivity index (χ2v) is 5.96. The maximum absolute atomic E-state index is 5.69. The lowest BCUT2D eigenvalue weighted by Gasteiger charge is -2.37. The molecule has 110 valence electrons. The molecule has 0 radical (unpaired) electrons. The number of nitrogens with one attached hydrogen (secondary N) is 1. The Morgan fingerprint density at radius 1 is 1.24 bits per heavy atom. The third-order valence-electron chi connectivity index (χ3n) is 4.37. The van der Waals surface area contributed by atoms with Gasteiger partial charge in [0.2, 0.25) is 0 Å². The summed E-state index contributed by atoms with van der Waals surface area (Å²) in [5.74, 6) is 1.10. The minimum Gasteiger partial charge on any atom is -0.377 e. The van der Waals surface area contributed by atoms with Crippen LogP contribution in [0.5, 0.6) is 0 Å². The van der Waals surface area contributed by atoms with Crippen LogP contribution in [-0.2, 0) is 4.74 Å². The van der Waals surface area contributed by atoms with Gasteiger partial charge in [-0.1, -0.05) is 24.3 Å². The third kappa shape index (κ3) is 2.74. The summed E-state index contributed by atoms with van der Waals surface area (Å²) in [6.45, 7) is 3.46. The van der Waals surface area contributed by atoms with E-state index in [0.717, 1.165) is 38.2 Å². The van der Waals surface area contributed by atoms with Gasteiger partial charge in [-0.2, -0.15) is 0 Å². The number of hydrogen-bond acceptors (Lipinski definition) is 4. The molecule has 2 aromatic rings. The predicted molar refractivity (Wildman–Crippen MR) is 84.7 cm³/mol. The van der Waals surface area contributed by atoms with Crippen molar-refractivity contribution in [3.05, 3.63) is 36.5 Å². The number of rotatable bonds is 4. The molecule has 0 spiro atoms. The SMILES string of the molecule is c1ccc2c(N3CCOCC3CNC3CC3)nccc2c1. The van der Waals surface area contributed by atoms with Gasteiger partial charge in [0.25, 0.3) is 0 Å². The molecule has 21 heavy (non-hydrogen) atoms. The number of hydrogen-bond donors (Lipinski definition) is 1. The predicted octanol–water partition coefficient (Wildman–Crippen LogP) is 2.19. The molecule has 1 saturated heterocycles. The smallest absolute Gasteiger partial charge is 0.136 e. The first-order chi connectivity index (χ1) is 10.4. The van der Waals surface area contributed by atoms with Crippen molar-refractivity contribution in [3.63, 3.8) is 0 Å². The van der Waals surface area contributed by atoms with Crippen LogP contribution < -0.4 is 10.2 Å². The number of pyridine rings is 1. The van der Waals surface area contributed by atoms with Gasteiger partial charge >= 0.3 is 0 Å². The second kappa shape index (κ2) is 5.62. The zero-order valence-corrected chi connectivity index (χ0v) is 12.2. The largest absolute Gasteiger partial charge is 0.377 e. The maximum atomic E-state index is 5.69. The van der Waals surface area contributed by atoms with Crippen LogP contribution in [0.15, 0.2) is 36.5 Å². The van der Waals surface area contributed by atoms with Gasteiger partial charge in [0, 0.05) is 30.7 Å². The van der Waals surface area contributed by atoms with E-state index in [1.165, 1.54) is 23.6 Å². The van der Waals surface area contributed by atoms with E-state index in [9.17, 15) is 0 Å². The van der Waals surface area contributed by atoms with Gasteiger partial charge in [-0.3, -0.25) is 0 Å². The van der Waals surface area contributed by atoms with Gasteiger partial charge < -0.3 is 15.0 Å². The van der Waals surface area contributed by atoms with Gasteiger partial charge in [-0.15, -0.1) is 0 Å². The molecule has 4 heteroatoms. The van der Waals surface area contributed by atoms with Gasteiger partial charge in [0.1, 0.15) is 5.82 Å². The van der Waals surface area contributed by atoms with Gasteiger partial charge in [-0.05, 0) is 24.3 Å². The van der Waals surface area contributed by atoms with Gasteiger partial charge in [-0.25, -0.2) is 4.98 Å². The van der Waals surface area contributed by atoms with E-state index in [4.69, 9.17) is 4.74 Å². The highest BCUT2D eigenvalue weighted by molar-refractivity contribution is 5.92. The van der Waals surface area contributed by atoms with Crippen molar-refractivity contribution in [2.75, 3.05) is 31.2 Å². The number of nitrogens with zero attached hydrogens (tertiary/aromatic N) is 2. The minimum atomic E-state index is 0.373. The van der Waals surface area contributed by atoms with Crippen LogP contribution in [0.2, 0.25) is 0 Å². The average Bonchev–Trinajstić information content (AvgIpc) is 3.37. The zero-order valence-electron chi connectivity index (χ0n) is 12.2. The molecule has 1 N–H and O–H groups in total. The lowest BCUT2D eigenvalue weighted by molar-refractivity contribution is 0.0934. The first-order valence-corrected chi connectivity index (χ1v) is 7.83. The Morgan fingerprint density at radius 3 is 3.05 bits per heavy atom. The molecule has 1 atom stereocenters. The first-order valence-electron chi connectivity index (χ1n) is 7.83. The van der Waals surface area contributed by atoms with Crippen molar-refractivity contribution in [2.24, 2.45) is 0 Å². The van der Waals surface area contributed by atoms with Crippen molar-refractivity contribution in [3.8, 4) is 0 Å². The fourth-order valence-corrected chi connectivity index (χ4v) is 3.03. The number of benzene rings is 1. The highest BCUT2D eigenvalue weighted by Crippen LogP contribution is 2.27. The van der Waals surface area contributed by atoms with E-state index < -0.39 is 0 Å². The summed E-state index contributed by atoms with van der Waals surface area (Å²) in [5.41, 5.74) is 0. The van der Waals surface area contributed by atoms with Gasteiger partial charge in [0.05, 0.1) is 19.3 Å². The Bertz CT molecular complexity index is 621. The van der Waals surface area contributed by atoms with Crippen molar-refractivity contribution < 1.29 is 4.74 Å². The van der Waals surface area contributed by atoms with Crippen LogP contribution in [0.1, 0.15) is 12.8 Å². The molecule has 1 aliphatic carbocycles. The van der Waals surface area contributed by atoms with Crippen LogP contribution >= 0.6 is 0 Å². The van der Waals surface area contributed by atoms with Crippen LogP contribution in [-0.4, -0.2) is 43.4 Å². The third-order valence-corrected chi connectivity index (χ3v) is 4.37. The zero-order chi connectivity index (χ0) is 14.1. The first kappa shape index (κ1) is 13.0. The molecule has 1 unspecified atom stereocenters. The van der Waals surface area contributed by atoms with Crippen LogP contribution in [0.3, 0.4) is 0 Å². The van der Waals surface area contributed by atoms with Crippen LogP contribution in [0.4, 0.5) is 5.82 Å². The van der Waals surface area contributed by atoms with Crippen LogP contribution in [0, 0.1) is 0 Å². The molecule has 2 heterocycles. The Morgan fingerprint density at radius 2 is 2.14 bits per heavy atom. The fraction of sp³-hybridized carbons (Fsp3) is 0.471. The summed E-state index contributed by atoms with van der Waals surface area (Å²) >= 11 is 0. The normalized spacial score (nSPS) is 22.7. The lowest BCUT2D eigenvalue weighted by atomic mass is 10.1.